The Morgan fingerprint density at radius 2 is 1.46 bits per heavy atom. The van der Waals surface area contributed by atoms with E-state index in [1.165, 1.54) is 23.1 Å². The van der Waals surface area contributed by atoms with Crippen molar-refractivity contribution in [1.82, 2.24) is 11.0 Å². The summed E-state index contributed by atoms with van der Waals surface area (Å²) in [6.07, 6.45) is 0. The summed E-state index contributed by atoms with van der Waals surface area (Å²) in [4.78, 5) is 21.4. The fraction of sp³-hybridized carbons (Fsp3) is 0. The summed E-state index contributed by atoms with van der Waals surface area (Å²) in [5.74, 6) is -2.23. The smallest absolute Gasteiger partial charge is 0.310 e. The lowest BCUT2D eigenvalue weighted by Gasteiger charge is -1.93. The van der Waals surface area contributed by atoms with Crippen LogP contribution in [0.15, 0.2) is 16.5 Å². The molecule has 70 valence electrons. The second-order valence-corrected chi connectivity index (χ2v) is 2.05. The third-order valence-electron chi connectivity index (χ3n) is 1.26. The molecule has 0 fully saturated rings. The molecule has 0 bridgehead atoms. The maximum Gasteiger partial charge on any atom is 0.310 e. The van der Waals surface area contributed by atoms with Gasteiger partial charge < -0.3 is 4.42 Å². The molecule has 1 aromatic rings. The molecule has 1 aromatic heterocycles. The zero-order valence-corrected chi connectivity index (χ0v) is 6.27. The van der Waals surface area contributed by atoms with E-state index >= 15 is 0 Å². The molecule has 0 saturated heterocycles. The lowest BCUT2D eigenvalue weighted by Crippen LogP contribution is -2.19. The summed E-state index contributed by atoms with van der Waals surface area (Å²) < 4.78 is 4.64. The van der Waals surface area contributed by atoms with Gasteiger partial charge in [-0.25, -0.2) is 11.0 Å². The molecule has 7 heteroatoms. The Balaban J connectivity index is 2.86. The third-order valence-corrected chi connectivity index (χ3v) is 1.26. The van der Waals surface area contributed by atoms with Crippen LogP contribution in [0.25, 0.3) is 0 Å². The highest BCUT2D eigenvalue weighted by atomic mass is 16.5. The molecule has 0 atom stereocenters. The van der Waals surface area contributed by atoms with Crippen molar-refractivity contribution in [3.63, 3.8) is 0 Å². The molecule has 0 saturated carbocycles. The molecule has 2 amide bonds. The highest BCUT2D eigenvalue weighted by Crippen LogP contribution is 2.06. The van der Waals surface area contributed by atoms with Gasteiger partial charge in [-0.1, -0.05) is 0 Å². The summed E-state index contributed by atoms with van der Waals surface area (Å²) in [5, 5.41) is 16.4. The number of furan rings is 1. The number of carbonyl (C=O) groups is 2. The van der Waals surface area contributed by atoms with Crippen LogP contribution < -0.4 is 11.0 Å². The fourth-order valence-corrected chi connectivity index (χ4v) is 0.692. The van der Waals surface area contributed by atoms with Crippen molar-refractivity contribution in [2.24, 2.45) is 0 Å². The van der Waals surface area contributed by atoms with Crippen LogP contribution in [-0.4, -0.2) is 22.2 Å². The van der Waals surface area contributed by atoms with Gasteiger partial charge in [0.05, 0.1) is 0 Å². The van der Waals surface area contributed by atoms with Crippen LogP contribution in [0, 0.1) is 0 Å². The molecule has 0 aliphatic heterocycles. The van der Waals surface area contributed by atoms with E-state index in [0.29, 0.717) is 0 Å². The summed E-state index contributed by atoms with van der Waals surface area (Å²) in [5.41, 5.74) is 2.65. The first-order valence-electron chi connectivity index (χ1n) is 3.17. The lowest BCUT2D eigenvalue weighted by molar-refractivity contribution is 0.0644. The first-order valence-corrected chi connectivity index (χ1v) is 3.17. The van der Waals surface area contributed by atoms with Gasteiger partial charge in [0.2, 0.25) is 0 Å². The fourth-order valence-electron chi connectivity index (χ4n) is 0.692. The standard InChI is InChI=1S/C6H6N2O5/c9-5(7-11)3-1-2-4(13-3)6(10)8-12/h1-2,11-12H,(H,7,9)(H,8,10). The van der Waals surface area contributed by atoms with E-state index in [-0.39, 0.29) is 11.5 Å². The van der Waals surface area contributed by atoms with Crippen molar-refractivity contribution in [3.8, 4) is 0 Å². The number of hydrogen-bond acceptors (Lipinski definition) is 5. The highest BCUT2D eigenvalue weighted by molar-refractivity contribution is 5.94. The van der Waals surface area contributed by atoms with Gasteiger partial charge in [-0.2, -0.15) is 0 Å². The van der Waals surface area contributed by atoms with Gasteiger partial charge in [-0.3, -0.25) is 20.0 Å². The van der Waals surface area contributed by atoms with Crippen LogP contribution in [0.5, 0.6) is 0 Å². The van der Waals surface area contributed by atoms with E-state index in [4.69, 9.17) is 10.4 Å². The van der Waals surface area contributed by atoms with Gasteiger partial charge in [0.1, 0.15) is 0 Å². The van der Waals surface area contributed by atoms with Crippen molar-refractivity contribution in [1.29, 1.82) is 0 Å². The Morgan fingerprint density at radius 1 is 1.08 bits per heavy atom. The van der Waals surface area contributed by atoms with E-state index < -0.39 is 11.8 Å². The number of nitrogens with one attached hydrogen (secondary N) is 2. The Bertz CT molecular complexity index is 301. The minimum Gasteiger partial charge on any atom is -0.446 e. The molecule has 1 heterocycles. The maximum atomic E-state index is 10.7. The number of carbonyl (C=O) groups excluding carboxylic acids is 2. The molecule has 0 radical (unpaired) electrons. The number of amides is 2. The molecule has 0 spiro atoms. The number of rotatable bonds is 2. The predicted molar refractivity (Wildman–Crippen MR) is 37.2 cm³/mol. The van der Waals surface area contributed by atoms with Crippen LogP contribution in [0.4, 0.5) is 0 Å². The summed E-state index contributed by atoms with van der Waals surface area (Å²) in [7, 11) is 0. The molecule has 4 N–H and O–H groups in total. The highest BCUT2D eigenvalue weighted by Gasteiger charge is 2.14. The summed E-state index contributed by atoms with van der Waals surface area (Å²) in [6, 6.07) is 2.35. The van der Waals surface area contributed by atoms with Gasteiger partial charge in [0, 0.05) is 0 Å². The minimum atomic E-state index is -0.878. The largest absolute Gasteiger partial charge is 0.446 e. The first-order chi connectivity index (χ1) is 6.19. The van der Waals surface area contributed by atoms with Crippen LogP contribution in [0.3, 0.4) is 0 Å². The second kappa shape index (κ2) is 3.70. The van der Waals surface area contributed by atoms with Crippen LogP contribution in [0.1, 0.15) is 21.1 Å². The van der Waals surface area contributed by atoms with Crippen molar-refractivity contribution >= 4 is 11.8 Å². The molecule has 0 aliphatic rings. The lowest BCUT2D eigenvalue weighted by atomic mass is 10.4. The molecular formula is C6H6N2O5. The zero-order valence-electron chi connectivity index (χ0n) is 6.27. The molecule has 0 aliphatic carbocycles. The van der Waals surface area contributed by atoms with Crippen LogP contribution >= 0.6 is 0 Å². The predicted octanol–water partition coefficient (Wildman–Crippen LogP) is -0.482. The van der Waals surface area contributed by atoms with Crippen molar-refractivity contribution in [2.75, 3.05) is 0 Å². The number of hydrogen-bond donors (Lipinski definition) is 4. The normalized spacial score (nSPS) is 9.38. The summed E-state index contributed by atoms with van der Waals surface area (Å²) >= 11 is 0. The Morgan fingerprint density at radius 3 is 1.77 bits per heavy atom. The summed E-state index contributed by atoms with van der Waals surface area (Å²) in [6.45, 7) is 0. The Hall–Kier alpha value is -1.86. The van der Waals surface area contributed by atoms with E-state index in [0.717, 1.165) is 0 Å². The van der Waals surface area contributed by atoms with Crippen molar-refractivity contribution in [2.45, 2.75) is 0 Å². The average Bonchev–Trinajstić information content (AvgIpc) is 2.64. The van der Waals surface area contributed by atoms with Gasteiger partial charge in [-0.05, 0) is 12.1 Å². The Kier molecular flexibility index (Phi) is 2.62. The van der Waals surface area contributed by atoms with Gasteiger partial charge >= 0.3 is 11.8 Å². The molecular weight excluding hydrogens is 180 g/mol. The molecule has 7 nitrogen and oxygen atoms in total. The Labute approximate surface area is 71.9 Å². The van der Waals surface area contributed by atoms with Crippen LogP contribution in [0.2, 0.25) is 0 Å². The third kappa shape index (κ3) is 1.83. The molecule has 0 aromatic carbocycles. The zero-order chi connectivity index (χ0) is 9.84. The average molecular weight is 186 g/mol. The first kappa shape index (κ1) is 9.23. The monoisotopic (exact) mass is 186 g/mol. The SMILES string of the molecule is O=C(NO)c1ccc(C(=O)NO)o1. The molecule has 0 unspecified atom stereocenters. The van der Waals surface area contributed by atoms with E-state index in [2.05, 4.69) is 4.42 Å². The molecule has 13 heavy (non-hydrogen) atoms. The quantitative estimate of drug-likeness (QED) is 0.368. The van der Waals surface area contributed by atoms with Gasteiger partial charge in [0.25, 0.3) is 0 Å². The van der Waals surface area contributed by atoms with E-state index in [1.54, 1.807) is 0 Å². The number of hydroxylamine groups is 2. The minimum absolute atomic E-state index is 0.235. The topological polar surface area (TPSA) is 112 Å². The maximum absolute atomic E-state index is 10.7. The van der Waals surface area contributed by atoms with Crippen molar-refractivity contribution < 1.29 is 24.4 Å². The van der Waals surface area contributed by atoms with Crippen molar-refractivity contribution in [3.05, 3.63) is 23.7 Å². The van der Waals surface area contributed by atoms with Crippen LogP contribution in [-0.2, 0) is 0 Å². The van der Waals surface area contributed by atoms with E-state index in [9.17, 15) is 9.59 Å². The van der Waals surface area contributed by atoms with Gasteiger partial charge in [-0.15, -0.1) is 0 Å². The van der Waals surface area contributed by atoms with E-state index in [1.807, 2.05) is 0 Å². The molecule has 1 rings (SSSR count). The van der Waals surface area contributed by atoms with Gasteiger partial charge in [0.15, 0.2) is 11.5 Å². The second-order valence-electron chi connectivity index (χ2n) is 2.05.